The van der Waals surface area contributed by atoms with Gasteiger partial charge in [0, 0.05) is 17.1 Å². The molecule has 30 heavy (non-hydrogen) atoms. The van der Waals surface area contributed by atoms with E-state index in [9.17, 15) is 0 Å². The van der Waals surface area contributed by atoms with Gasteiger partial charge in [0.15, 0.2) is 0 Å². The van der Waals surface area contributed by atoms with Crippen molar-refractivity contribution in [1.82, 2.24) is 10.6 Å². The van der Waals surface area contributed by atoms with Crippen LogP contribution in [0.5, 0.6) is 0 Å². The third-order valence-corrected chi connectivity index (χ3v) is 6.62. The van der Waals surface area contributed by atoms with E-state index in [0.717, 1.165) is 27.3 Å². The molecule has 1 aromatic carbocycles. The number of rotatable bonds is 9. The van der Waals surface area contributed by atoms with E-state index in [1.54, 1.807) is 11.3 Å². The molecule has 0 amide bonds. The summed E-state index contributed by atoms with van der Waals surface area (Å²) >= 11 is 6.53. The predicted octanol–water partition coefficient (Wildman–Crippen LogP) is 6.80. The smallest absolute Gasteiger partial charge is 0.101 e. The average molecular weight is 440 g/mol. The second kappa shape index (κ2) is 10.2. The van der Waals surface area contributed by atoms with E-state index in [1.807, 2.05) is 12.3 Å². The molecule has 2 aromatic rings. The fourth-order valence-electron chi connectivity index (χ4n) is 3.46. The monoisotopic (exact) mass is 439 g/mol. The maximum atomic E-state index is 8.79. The molecule has 0 saturated heterocycles. The summed E-state index contributed by atoms with van der Waals surface area (Å²) in [4.78, 5) is 1.79. The van der Waals surface area contributed by atoms with Crippen molar-refractivity contribution in [1.29, 1.82) is 5.41 Å². The second-order valence-corrected chi connectivity index (χ2v) is 9.19. The van der Waals surface area contributed by atoms with E-state index in [0.29, 0.717) is 28.8 Å². The molecule has 0 aliphatic heterocycles. The minimum atomic E-state index is 0.281. The summed E-state index contributed by atoms with van der Waals surface area (Å²) in [5.74, 6) is 0.404. The van der Waals surface area contributed by atoms with Crippen LogP contribution >= 0.6 is 24.0 Å². The van der Waals surface area contributed by atoms with E-state index in [4.69, 9.17) is 18.0 Å². The third-order valence-electron chi connectivity index (χ3n) is 5.08. The first kappa shape index (κ1) is 24.0. The van der Waals surface area contributed by atoms with Crippen molar-refractivity contribution in [3.8, 4) is 0 Å². The Bertz CT molecular complexity index is 1010. The van der Waals surface area contributed by atoms with Crippen LogP contribution in [0.4, 0.5) is 0 Å². The van der Waals surface area contributed by atoms with Crippen LogP contribution in [0, 0.1) is 26.2 Å². The van der Waals surface area contributed by atoms with Crippen molar-refractivity contribution in [2.24, 2.45) is 0 Å². The highest BCUT2D eigenvalue weighted by Gasteiger charge is 2.19. The molecule has 0 spiro atoms. The standard InChI is InChI=1S/C25H33N3S2/c1-9-27-18(7)22(26)23(28-19(8)25-15(4)10-11-30-25)24(29)21-13-20(14(2)3)16(5)12-17(21)6/h10-14,26-29H,7-9H2,1-6H3/b24-23+,26-22?. The topological polar surface area (TPSA) is 47.9 Å². The summed E-state index contributed by atoms with van der Waals surface area (Å²) in [6, 6.07) is 6.46. The Balaban J connectivity index is 2.62. The van der Waals surface area contributed by atoms with Crippen LogP contribution in [0.3, 0.4) is 0 Å². The largest absolute Gasteiger partial charge is 0.384 e. The van der Waals surface area contributed by atoms with Crippen molar-refractivity contribution >= 4 is 40.3 Å². The number of aryl methyl sites for hydroxylation is 3. The van der Waals surface area contributed by atoms with Gasteiger partial charge < -0.3 is 10.6 Å². The van der Waals surface area contributed by atoms with Crippen molar-refractivity contribution in [2.75, 3.05) is 6.54 Å². The van der Waals surface area contributed by atoms with Crippen molar-refractivity contribution in [3.05, 3.63) is 80.8 Å². The predicted molar refractivity (Wildman–Crippen MR) is 138 cm³/mol. The van der Waals surface area contributed by atoms with Gasteiger partial charge in [0.25, 0.3) is 0 Å². The lowest BCUT2D eigenvalue weighted by molar-refractivity contribution is 0.855. The first-order chi connectivity index (χ1) is 14.1. The Morgan fingerprint density at radius 3 is 2.33 bits per heavy atom. The second-order valence-electron chi connectivity index (χ2n) is 7.82. The van der Waals surface area contributed by atoms with Crippen molar-refractivity contribution in [3.63, 3.8) is 0 Å². The maximum Gasteiger partial charge on any atom is 0.101 e. The van der Waals surface area contributed by atoms with Gasteiger partial charge in [-0.3, -0.25) is 5.41 Å². The molecular weight excluding hydrogens is 406 g/mol. The quantitative estimate of drug-likeness (QED) is 0.256. The Hall–Kier alpha value is -2.24. The van der Waals surface area contributed by atoms with E-state index in [-0.39, 0.29) is 5.71 Å². The van der Waals surface area contributed by atoms with Gasteiger partial charge in [-0.1, -0.05) is 33.1 Å². The SMILES string of the molecule is C=C(NCC)C(=N)/C(NC(=C)c1sccc1C)=C(\S)c1cc(C(C)C)c(C)cc1C. The van der Waals surface area contributed by atoms with Gasteiger partial charge in [0.1, 0.15) is 5.71 Å². The van der Waals surface area contributed by atoms with Gasteiger partial charge >= 0.3 is 0 Å². The number of nitrogens with one attached hydrogen (secondary N) is 3. The van der Waals surface area contributed by atoms with Crippen LogP contribution in [-0.4, -0.2) is 12.3 Å². The van der Waals surface area contributed by atoms with Gasteiger partial charge in [-0.15, -0.1) is 24.0 Å². The van der Waals surface area contributed by atoms with Crippen LogP contribution in [-0.2, 0) is 0 Å². The van der Waals surface area contributed by atoms with Gasteiger partial charge in [-0.2, -0.15) is 0 Å². The number of benzene rings is 1. The molecule has 3 nitrogen and oxygen atoms in total. The van der Waals surface area contributed by atoms with E-state index >= 15 is 0 Å². The summed E-state index contributed by atoms with van der Waals surface area (Å²) in [6.07, 6.45) is 0. The minimum absolute atomic E-state index is 0.281. The van der Waals surface area contributed by atoms with Crippen molar-refractivity contribution in [2.45, 2.75) is 47.5 Å². The molecule has 0 radical (unpaired) electrons. The Morgan fingerprint density at radius 2 is 1.80 bits per heavy atom. The molecule has 3 N–H and O–H groups in total. The summed E-state index contributed by atoms with van der Waals surface area (Å²) in [7, 11) is 0. The molecule has 0 bridgehead atoms. The summed E-state index contributed by atoms with van der Waals surface area (Å²) in [6.45, 7) is 21.6. The number of hydrogen-bond acceptors (Lipinski definition) is 5. The van der Waals surface area contributed by atoms with Gasteiger partial charge in [0.05, 0.1) is 16.3 Å². The average Bonchev–Trinajstić information content (AvgIpc) is 3.11. The summed E-state index contributed by atoms with van der Waals surface area (Å²) < 4.78 is 0. The van der Waals surface area contributed by atoms with Crippen LogP contribution in [0.2, 0.25) is 0 Å². The fraction of sp³-hybridized carbons (Fsp3) is 0.320. The molecule has 0 saturated carbocycles. The fourth-order valence-corrected chi connectivity index (χ4v) is 4.73. The van der Waals surface area contributed by atoms with E-state index < -0.39 is 0 Å². The zero-order valence-electron chi connectivity index (χ0n) is 18.9. The van der Waals surface area contributed by atoms with Gasteiger partial charge in [-0.05, 0) is 78.9 Å². The first-order valence-corrected chi connectivity index (χ1v) is 11.5. The number of thiol groups is 1. The van der Waals surface area contributed by atoms with Crippen LogP contribution < -0.4 is 10.6 Å². The van der Waals surface area contributed by atoms with Crippen molar-refractivity contribution < 1.29 is 0 Å². The third kappa shape index (κ3) is 5.27. The normalized spacial score (nSPS) is 11.9. The van der Waals surface area contributed by atoms with E-state index in [1.165, 1.54) is 11.1 Å². The maximum absolute atomic E-state index is 8.79. The molecule has 1 heterocycles. The lowest BCUT2D eigenvalue weighted by Gasteiger charge is -2.21. The molecule has 0 unspecified atom stereocenters. The zero-order chi connectivity index (χ0) is 22.6. The number of hydrogen-bond donors (Lipinski definition) is 4. The highest BCUT2D eigenvalue weighted by Crippen LogP contribution is 2.32. The zero-order valence-corrected chi connectivity index (χ0v) is 20.6. The molecule has 0 aliphatic carbocycles. The van der Waals surface area contributed by atoms with Crippen LogP contribution in [0.1, 0.15) is 59.4 Å². The molecule has 1 aromatic heterocycles. The first-order valence-electron chi connectivity index (χ1n) is 10.2. The molecule has 0 fully saturated rings. The molecule has 0 aliphatic rings. The summed E-state index contributed by atoms with van der Waals surface area (Å²) in [5.41, 5.74) is 8.04. The lowest BCUT2D eigenvalue weighted by atomic mass is 9.92. The minimum Gasteiger partial charge on any atom is -0.384 e. The highest BCUT2D eigenvalue weighted by molar-refractivity contribution is 7.90. The Morgan fingerprint density at radius 1 is 1.13 bits per heavy atom. The Kier molecular flexibility index (Phi) is 8.16. The number of thiophene rings is 1. The van der Waals surface area contributed by atoms with Gasteiger partial charge in [-0.25, -0.2) is 0 Å². The molecular formula is C25H33N3S2. The lowest BCUT2D eigenvalue weighted by Crippen LogP contribution is -2.27. The molecule has 5 heteroatoms. The van der Waals surface area contributed by atoms with Crippen LogP contribution in [0.25, 0.3) is 10.6 Å². The molecule has 0 atom stereocenters. The molecule has 2 rings (SSSR count). The summed E-state index contributed by atoms with van der Waals surface area (Å²) in [5, 5.41) is 17.4. The van der Waals surface area contributed by atoms with E-state index in [2.05, 4.69) is 76.6 Å². The highest BCUT2D eigenvalue weighted by atomic mass is 32.1. The molecule has 160 valence electrons. The van der Waals surface area contributed by atoms with Crippen LogP contribution in [0.15, 0.2) is 48.1 Å². The Labute approximate surface area is 190 Å². The van der Waals surface area contributed by atoms with Gasteiger partial charge in [0.2, 0.25) is 0 Å².